The molecule has 5 rings (SSSR count). The van der Waals surface area contributed by atoms with E-state index in [4.69, 9.17) is 4.98 Å². The van der Waals surface area contributed by atoms with Crippen LogP contribution >= 0.6 is 0 Å². The highest BCUT2D eigenvalue weighted by Gasteiger charge is 2.39. The zero-order valence-electron chi connectivity index (χ0n) is 28.7. The van der Waals surface area contributed by atoms with Crippen LogP contribution in [0.5, 0.6) is 0 Å². The molecular weight excluding hydrogens is 614 g/mol. The number of carboxylic acid groups (broad SMARTS) is 1. The van der Waals surface area contributed by atoms with Crippen molar-refractivity contribution in [2.75, 3.05) is 0 Å². The number of aliphatic hydroxyl groups excluding tert-OH is 2. The number of hydrogen-bond donors (Lipinski definition) is 4. The number of amides is 1. The molecule has 1 aliphatic carbocycles. The second-order valence-electron chi connectivity index (χ2n) is 14.1. The number of nitrogens with zero attached hydrogens (tertiary/aromatic N) is 2. The average Bonchev–Trinajstić information content (AvgIpc) is 3.57. The van der Waals surface area contributed by atoms with Gasteiger partial charge in [0.05, 0.1) is 36.5 Å². The fourth-order valence-electron chi connectivity index (χ4n) is 7.62. The third-order valence-electron chi connectivity index (χ3n) is 10.0. The molecule has 8 heteroatoms. The summed E-state index contributed by atoms with van der Waals surface area (Å²) in [7, 11) is 0. The maximum atomic E-state index is 14.0. The monoisotopic (exact) mass is 665 g/mol. The lowest BCUT2D eigenvalue weighted by Gasteiger charge is -2.37. The van der Waals surface area contributed by atoms with Crippen molar-refractivity contribution in [3.05, 3.63) is 126 Å². The molecule has 0 bridgehead atoms. The van der Waals surface area contributed by atoms with Crippen molar-refractivity contribution >= 4 is 11.9 Å². The number of aromatic nitrogens is 2. The van der Waals surface area contributed by atoms with Crippen molar-refractivity contribution in [3.63, 3.8) is 0 Å². The van der Waals surface area contributed by atoms with E-state index in [0.717, 1.165) is 42.4 Å². The molecule has 1 heterocycles. The van der Waals surface area contributed by atoms with Crippen LogP contribution in [-0.4, -0.2) is 55.0 Å². The van der Waals surface area contributed by atoms with Gasteiger partial charge in [0, 0.05) is 12.6 Å². The Bertz CT molecular complexity index is 1510. The summed E-state index contributed by atoms with van der Waals surface area (Å²) in [5, 5.41) is 35.1. The van der Waals surface area contributed by atoms with Gasteiger partial charge in [-0.15, -0.1) is 0 Å². The van der Waals surface area contributed by atoms with Crippen LogP contribution < -0.4 is 5.32 Å². The highest BCUT2D eigenvalue weighted by atomic mass is 16.4. The second kappa shape index (κ2) is 16.9. The van der Waals surface area contributed by atoms with E-state index in [-0.39, 0.29) is 18.8 Å². The Kier molecular flexibility index (Phi) is 12.4. The van der Waals surface area contributed by atoms with Gasteiger partial charge < -0.3 is 25.2 Å². The number of carbonyl (C=O) groups is 2. The predicted octanol–water partition coefficient (Wildman–Crippen LogP) is 6.58. The molecule has 4 aromatic rings. The number of nitrogens with one attached hydrogen (secondary N) is 1. The lowest BCUT2D eigenvalue weighted by atomic mass is 9.77. The van der Waals surface area contributed by atoms with Gasteiger partial charge >= 0.3 is 5.97 Å². The molecule has 0 aliphatic heterocycles. The van der Waals surface area contributed by atoms with Crippen LogP contribution in [0.1, 0.15) is 87.6 Å². The van der Waals surface area contributed by atoms with Crippen molar-refractivity contribution < 1.29 is 24.9 Å². The smallest absolute Gasteiger partial charge is 0.304 e. The van der Waals surface area contributed by atoms with Gasteiger partial charge in [-0.25, -0.2) is 4.98 Å². The van der Waals surface area contributed by atoms with Crippen LogP contribution in [0.2, 0.25) is 0 Å². The maximum Gasteiger partial charge on any atom is 0.304 e. The molecule has 0 spiro atoms. The third kappa shape index (κ3) is 8.86. The standard InChI is InChI=1S/C41H51N3O5/c1-29(2)23-37(45)39(48)36(24-30-15-7-3-8-16-30)43-40(49)31(26-38(46)47)25-35-27-44(28-42-35)41(32-17-9-4-10-18-32,33-19-11-5-12-20-33)34-21-13-6-14-22-34/h4-6,9-14,17-22,27-31,36-37,39,45,48H,3,7-8,15-16,23-26H2,1-2H3,(H,43,49)(H,46,47)/t31-,36+,37+,39-/m1/s1. The van der Waals surface area contributed by atoms with Crippen molar-refractivity contribution in [2.45, 2.75) is 95.4 Å². The van der Waals surface area contributed by atoms with Crippen molar-refractivity contribution in [2.24, 2.45) is 17.8 Å². The van der Waals surface area contributed by atoms with Gasteiger partial charge in [-0.1, -0.05) is 137 Å². The van der Waals surface area contributed by atoms with Crippen molar-refractivity contribution in [3.8, 4) is 0 Å². The molecule has 8 nitrogen and oxygen atoms in total. The molecule has 0 unspecified atom stereocenters. The SMILES string of the molecule is CC(C)C[C@H](O)[C@H](O)[C@H](CC1CCCCC1)NC(=O)[C@@H](CC(=O)O)Cc1cn(C(c2ccccc2)(c2ccccc2)c2ccccc2)cn1. The van der Waals surface area contributed by atoms with Gasteiger partial charge in [0.15, 0.2) is 0 Å². The number of hydrogen-bond acceptors (Lipinski definition) is 5. The molecule has 3 aromatic carbocycles. The fraction of sp³-hybridized carbons (Fsp3) is 0.439. The van der Waals surface area contributed by atoms with Crippen molar-refractivity contribution in [1.29, 1.82) is 0 Å². The average molecular weight is 666 g/mol. The van der Waals surface area contributed by atoms with Crippen LogP contribution in [-0.2, 0) is 21.5 Å². The number of imidazole rings is 1. The lowest BCUT2D eigenvalue weighted by molar-refractivity contribution is -0.141. The quantitative estimate of drug-likeness (QED) is 0.100. The first-order valence-corrected chi connectivity index (χ1v) is 17.8. The molecule has 1 amide bonds. The molecule has 260 valence electrons. The summed E-state index contributed by atoms with van der Waals surface area (Å²) in [6, 6.07) is 29.9. The summed E-state index contributed by atoms with van der Waals surface area (Å²) in [5.74, 6) is -1.97. The molecule has 1 fully saturated rings. The van der Waals surface area contributed by atoms with Gasteiger partial charge in [0.2, 0.25) is 5.91 Å². The number of aliphatic carboxylic acids is 1. The normalized spacial score (nSPS) is 16.5. The number of rotatable bonds is 16. The molecule has 1 aromatic heterocycles. The van der Waals surface area contributed by atoms with Crippen LogP contribution in [0.15, 0.2) is 104 Å². The summed E-state index contributed by atoms with van der Waals surface area (Å²) in [5.41, 5.74) is 2.86. The van der Waals surface area contributed by atoms with Gasteiger partial charge in [0.1, 0.15) is 11.6 Å². The Labute approximate surface area is 290 Å². The van der Waals surface area contributed by atoms with Gasteiger partial charge in [-0.3, -0.25) is 9.59 Å². The molecule has 0 saturated heterocycles. The molecular formula is C41H51N3O5. The van der Waals surface area contributed by atoms with Crippen LogP contribution in [0, 0.1) is 17.8 Å². The Morgan fingerprint density at radius 3 is 1.88 bits per heavy atom. The van der Waals surface area contributed by atoms with Crippen LogP contribution in [0.4, 0.5) is 0 Å². The first kappa shape index (κ1) is 36.0. The maximum absolute atomic E-state index is 14.0. The third-order valence-corrected chi connectivity index (χ3v) is 10.0. The van der Waals surface area contributed by atoms with E-state index in [1.54, 1.807) is 6.33 Å². The van der Waals surface area contributed by atoms with E-state index < -0.39 is 41.6 Å². The summed E-state index contributed by atoms with van der Waals surface area (Å²) < 4.78 is 2.05. The molecule has 0 radical (unpaired) electrons. The summed E-state index contributed by atoms with van der Waals surface area (Å²) in [6.07, 6.45) is 7.61. The first-order valence-electron chi connectivity index (χ1n) is 17.8. The van der Waals surface area contributed by atoms with Gasteiger partial charge in [0.25, 0.3) is 0 Å². The fourth-order valence-corrected chi connectivity index (χ4v) is 7.62. The summed E-state index contributed by atoms with van der Waals surface area (Å²) >= 11 is 0. The highest BCUT2D eigenvalue weighted by molar-refractivity contribution is 5.83. The highest BCUT2D eigenvalue weighted by Crippen LogP contribution is 2.41. The number of aliphatic hydroxyl groups is 2. The minimum atomic E-state index is -1.15. The van der Waals surface area contributed by atoms with E-state index in [1.807, 2.05) is 74.6 Å². The Morgan fingerprint density at radius 1 is 0.857 bits per heavy atom. The van der Waals surface area contributed by atoms with E-state index in [9.17, 15) is 24.9 Å². The van der Waals surface area contributed by atoms with Gasteiger partial charge in [-0.05, 0) is 41.4 Å². The predicted molar refractivity (Wildman–Crippen MR) is 191 cm³/mol. The zero-order valence-corrected chi connectivity index (χ0v) is 28.7. The van der Waals surface area contributed by atoms with Crippen molar-refractivity contribution in [1.82, 2.24) is 14.9 Å². The Balaban J connectivity index is 1.47. The molecule has 1 saturated carbocycles. The number of carbonyl (C=O) groups excluding carboxylic acids is 1. The zero-order chi connectivity index (χ0) is 34.8. The van der Waals surface area contributed by atoms with E-state index >= 15 is 0 Å². The lowest BCUT2D eigenvalue weighted by Crippen LogP contribution is -2.51. The van der Waals surface area contributed by atoms with Crippen LogP contribution in [0.25, 0.3) is 0 Å². The van der Waals surface area contributed by atoms with E-state index in [1.165, 1.54) is 6.42 Å². The van der Waals surface area contributed by atoms with Crippen LogP contribution in [0.3, 0.4) is 0 Å². The molecule has 4 atom stereocenters. The summed E-state index contributed by atoms with van der Waals surface area (Å²) in [6.45, 7) is 3.96. The van der Waals surface area contributed by atoms with E-state index in [2.05, 4.69) is 46.3 Å². The Morgan fingerprint density at radius 2 is 1.39 bits per heavy atom. The molecule has 1 aliphatic rings. The van der Waals surface area contributed by atoms with E-state index in [0.29, 0.717) is 24.5 Å². The summed E-state index contributed by atoms with van der Waals surface area (Å²) in [4.78, 5) is 30.8. The Hall–Kier alpha value is -4.27. The molecule has 49 heavy (non-hydrogen) atoms. The molecule has 4 N–H and O–H groups in total. The number of carboxylic acids is 1. The number of benzene rings is 3. The largest absolute Gasteiger partial charge is 0.481 e. The topological polar surface area (TPSA) is 125 Å². The minimum absolute atomic E-state index is 0.0976. The first-order chi connectivity index (χ1) is 23.7. The second-order valence-corrected chi connectivity index (χ2v) is 14.1. The minimum Gasteiger partial charge on any atom is -0.481 e. The van der Waals surface area contributed by atoms with Gasteiger partial charge in [-0.2, -0.15) is 0 Å².